The molecule has 1 unspecified atom stereocenters. The van der Waals surface area contributed by atoms with Crippen molar-refractivity contribution in [2.75, 3.05) is 39.4 Å². The van der Waals surface area contributed by atoms with Crippen molar-refractivity contribution >= 4 is 16.8 Å². The number of morpholine rings is 1. The second-order valence-corrected chi connectivity index (χ2v) is 7.01. The van der Waals surface area contributed by atoms with Crippen molar-refractivity contribution in [1.29, 1.82) is 0 Å². The minimum Gasteiger partial charge on any atom is -0.379 e. The summed E-state index contributed by atoms with van der Waals surface area (Å²) >= 11 is 0. The van der Waals surface area contributed by atoms with Gasteiger partial charge in [0.25, 0.3) is 5.91 Å². The number of ether oxygens (including phenoxy) is 1. The molecule has 0 bridgehead atoms. The van der Waals surface area contributed by atoms with Gasteiger partial charge in [0.2, 0.25) is 0 Å². The highest BCUT2D eigenvalue weighted by Gasteiger charge is 2.30. The number of fused-ring (bicyclic) bond motifs is 1. The number of H-pyrrole nitrogens is 1. The zero-order valence-electron chi connectivity index (χ0n) is 14.6. The van der Waals surface area contributed by atoms with E-state index in [1.165, 1.54) is 6.42 Å². The van der Waals surface area contributed by atoms with Crippen molar-refractivity contribution in [3.63, 3.8) is 0 Å². The van der Waals surface area contributed by atoms with Crippen LogP contribution in [0.3, 0.4) is 0 Å². The van der Waals surface area contributed by atoms with E-state index in [2.05, 4.69) is 20.0 Å². The molecule has 134 valence electrons. The SMILES string of the molecule is O=C(c1n[nH]c2ccccc12)N1CCCCC1CCN1CCOCC1. The van der Waals surface area contributed by atoms with Crippen molar-refractivity contribution in [2.24, 2.45) is 0 Å². The minimum absolute atomic E-state index is 0.0733. The molecular weight excluding hydrogens is 316 g/mol. The molecular formula is C19H26N4O2. The first-order chi connectivity index (χ1) is 12.3. The first-order valence-electron chi connectivity index (χ1n) is 9.37. The molecule has 2 aliphatic rings. The van der Waals surface area contributed by atoms with Crippen LogP contribution in [-0.2, 0) is 4.74 Å². The third kappa shape index (κ3) is 3.55. The summed E-state index contributed by atoms with van der Waals surface area (Å²) in [5, 5.41) is 8.22. The molecule has 1 aromatic carbocycles. The average molecular weight is 342 g/mol. The van der Waals surface area contributed by atoms with Gasteiger partial charge in [-0.25, -0.2) is 0 Å². The maximum atomic E-state index is 13.1. The van der Waals surface area contributed by atoms with Gasteiger partial charge in [0.05, 0.1) is 18.7 Å². The average Bonchev–Trinajstić information content (AvgIpc) is 3.11. The van der Waals surface area contributed by atoms with E-state index in [0.717, 1.165) is 69.6 Å². The van der Waals surface area contributed by atoms with E-state index in [9.17, 15) is 4.79 Å². The summed E-state index contributed by atoms with van der Waals surface area (Å²) in [6.45, 7) is 5.54. The number of likely N-dealkylation sites (tertiary alicyclic amines) is 1. The highest BCUT2D eigenvalue weighted by atomic mass is 16.5. The van der Waals surface area contributed by atoms with Gasteiger partial charge < -0.3 is 9.64 Å². The van der Waals surface area contributed by atoms with Crippen LogP contribution < -0.4 is 0 Å². The van der Waals surface area contributed by atoms with Crippen LogP contribution in [0.5, 0.6) is 0 Å². The van der Waals surface area contributed by atoms with Gasteiger partial charge in [-0.15, -0.1) is 0 Å². The summed E-state index contributed by atoms with van der Waals surface area (Å²) in [6.07, 6.45) is 4.42. The van der Waals surface area contributed by atoms with Crippen LogP contribution >= 0.6 is 0 Å². The normalized spacial score (nSPS) is 22.4. The predicted molar refractivity (Wildman–Crippen MR) is 96.6 cm³/mol. The smallest absolute Gasteiger partial charge is 0.275 e. The molecule has 3 heterocycles. The Morgan fingerprint density at radius 3 is 2.92 bits per heavy atom. The summed E-state index contributed by atoms with van der Waals surface area (Å²) < 4.78 is 5.42. The molecule has 0 aliphatic carbocycles. The number of carbonyl (C=O) groups excluding carboxylic acids is 1. The predicted octanol–water partition coefficient (Wildman–Crippen LogP) is 2.28. The van der Waals surface area contributed by atoms with Gasteiger partial charge in [-0.1, -0.05) is 18.2 Å². The maximum Gasteiger partial charge on any atom is 0.275 e. The van der Waals surface area contributed by atoms with Crippen LogP contribution in [0, 0.1) is 0 Å². The molecule has 0 radical (unpaired) electrons. The van der Waals surface area contributed by atoms with Crippen LogP contribution in [0.1, 0.15) is 36.2 Å². The van der Waals surface area contributed by atoms with E-state index in [1.54, 1.807) is 0 Å². The van der Waals surface area contributed by atoms with Crippen molar-refractivity contribution in [3.8, 4) is 0 Å². The second kappa shape index (κ2) is 7.54. The highest BCUT2D eigenvalue weighted by molar-refractivity contribution is 6.04. The van der Waals surface area contributed by atoms with Crippen molar-refractivity contribution < 1.29 is 9.53 Å². The van der Waals surface area contributed by atoms with Crippen LogP contribution in [0.2, 0.25) is 0 Å². The number of rotatable bonds is 4. The summed E-state index contributed by atoms with van der Waals surface area (Å²) in [6, 6.07) is 8.17. The number of nitrogens with one attached hydrogen (secondary N) is 1. The molecule has 2 fully saturated rings. The molecule has 6 nitrogen and oxygen atoms in total. The van der Waals surface area contributed by atoms with E-state index >= 15 is 0 Å². The molecule has 2 saturated heterocycles. The van der Waals surface area contributed by atoms with Gasteiger partial charge >= 0.3 is 0 Å². The number of aromatic amines is 1. The molecule has 1 aromatic heterocycles. The zero-order valence-corrected chi connectivity index (χ0v) is 14.6. The lowest BCUT2D eigenvalue weighted by Crippen LogP contribution is -2.46. The lowest BCUT2D eigenvalue weighted by molar-refractivity contribution is 0.0295. The fourth-order valence-corrected chi connectivity index (χ4v) is 3.99. The Morgan fingerprint density at radius 1 is 1.20 bits per heavy atom. The molecule has 2 aromatic rings. The third-order valence-corrected chi connectivity index (χ3v) is 5.44. The number of amides is 1. The number of hydrogen-bond acceptors (Lipinski definition) is 4. The van der Waals surface area contributed by atoms with E-state index in [1.807, 2.05) is 24.3 Å². The Hall–Kier alpha value is -1.92. The van der Waals surface area contributed by atoms with Crippen LogP contribution in [0.15, 0.2) is 24.3 Å². The summed E-state index contributed by atoms with van der Waals surface area (Å²) in [4.78, 5) is 17.7. The summed E-state index contributed by atoms with van der Waals surface area (Å²) in [7, 11) is 0. The fourth-order valence-electron chi connectivity index (χ4n) is 3.99. The second-order valence-electron chi connectivity index (χ2n) is 7.01. The summed E-state index contributed by atoms with van der Waals surface area (Å²) in [5.41, 5.74) is 1.49. The van der Waals surface area contributed by atoms with Crippen molar-refractivity contribution in [1.82, 2.24) is 20.0 Å². The largest absolute Gasteiger partial charge is 0.379 e. The number of benzene rings is 1. The molecule has 2 aliphatic heterocycles. The first kappa shape index (κ1) is 16.5. The standard InChI is InChI=1S/C19H26N4O2/c24-19(18-16-6-1-2-7-17(16)20-21-18)23-9-4-3-5-15(23)8-10-22-11-13-25-14-12-22/h1-2,6-7,15H,3-5,8-14H2,(H,20,21). The lowest BCUT2D eigenvalue weighted by atomic mass is 9.98. The first-order valence-corrected chi connectivity index (χ1v) is 9.37. The van der Waals surface area contributed by atoms with Crippen LogP contribution in [0.25, 0.3) is 10.9 Å². The summed E-state index contributed by atoms with van der Waals surface area (Å²) in [5.74, 6) is 0.0733. The number of aromatic nitrogens is 2. The quantitative estimate of drug-likeness (QED) is 0.926. The van der Waals surface area contributed by atoms with Gasteiger partial charge in [-0.2, -0.15) is 5.10 Å². The van der Waals surface area contributed by atoms with Gasteiger partial charge in [0.15, 0.2) is 5.69 Å². The maximum absolute atomic E-state index is 13.1. The van der Waals surface area contributed by atoms with Crippen molar-refractivity contribution in [2.45, 2.75) is 31.7 Å². The molecule has 1 atom stereocenters. The number of piperidine rings is 1. The highest BCUT2D eigenvalue weighted by Crippen LogP contribution is 2.24. The van der Waals surface area contributed by atoms with Gasteiger partial charge in [0.1, 0.15) is 0 Å². The van der Waals surface area contributed by atoms with Crippen LogP contribution in [0.4, 0.5) is 0 Å². The monoisotopic (exact) mass is 342 g/mol. The van der Waals surface area contributed by atoms with Crippen molar-refractivity contribution in [3.05, 3.63) is 30.0 Å². The molecule has 0 saturated carbocycles. The Kier molecular flexibility index (Phi) is 4.99. The Balaban J connectivity index is 1.47. The number of para-hydroxylation sites is 1. The van der Waals surface area contributed by atoms with Gasteiger partial charge in [0, 0.05) is 37.6 Å². The van der Waals surface area contributed by atoms with E-state index in [-0.39, 0.29) is 5.91 Å². The van der Waals surface area contributed by atoms with Gasteiger partial charge in [-0.05, 0) is 31.7 Å². The fraction of sp³-hybridized carbons (Fsp3) is 0.579. The molecule has 4 rings (SSSR count). The molecule has 25 heavy (non-hydrogen) atoms. The van der Waals surface area contributed by atoms with Crippen LogP contribution in [-0.4, -0.2) is 71.3 Å². The molecule has 6 heteroatoms. The topological polar surface area (TPSA) is 61.5 Å². The number of hydrogen-bond donors (Lipinski definition) is 1. The van der Waals surface area contributed by atoms with E-state index < -0.39 is 0 Å². The Bertz CT molecular complexity index is 723. The molecule has 1 N–H and O–H groups in total. The minimum atomic E-state index is 0.0733. The number of nitrogens with zero attached hydrogens (tertiary/aromatic N) is 3. The van der Waals surface area contributed by atoms with E-state index in [4.69, 9.17) is 4.74 Å². The van der Waals surface area contributed by atoms with E-state index in [0.29, 0.717) is 11.7 Å². The molecule has 1 amide bonds. The Labute approximate surface area is 148 Å². The lowest BCUT2D eigenvalue weighted by Gasteiger charge is -2.37. The zero-order chi connectivity index (χ0) is 17.1. The third-order valence-electron chi connectivity index (χ3n) is 5.44. The Morgan fingerprint density at radius 2 is 2.04 bits per heavy atom. The van der Waals surface area contributed by atoms with Gasteiger partial charge in [-0.3, -0.25) is 14.8 Å². The number of carbonyl (C=O) groups is 1. The molecule has 0 spiro atoms.